The Hall–Kier alpha value is -2.14. The molecule has 4 nitrogen and oxygen atoms in total. The topological polar surface area (TPSA) is 37.6 Å². The molecule has 0 spiro atoms. The van der Waals surface area contributed by atoms with Crippen LogP contribution in [0.4, 0.5) is 0 Å². The first kappa shape index (κ1) is 13.5. The highest BCUT2D eigenvalue weighted by Crippen LogP contribution is 2.35. The Kier molecular flexibility index (Phi) is 3.22. The highest BCUT2D eigenvalue weighted by Gasteiger charge is 2.28. The van der Waals surface area contributed by atoms with Gasteiger partial charge in [-0.3, -0.25) is 9.20 Å². The largest absolute Gasteiger partial charge is 0.338 e. The lowest BCUT2D eigenvalue weighted by molar-refractivity contribution is -0.131. The summed E-state index contributed by atoms with van der Waals surface area (Å²) in [5.41, 5.74) is 3.51. The molecule has 0 radical (unpaired) electrons. The van der Waals surface area contributed by atoms with Crippen molar-refractivity contribution in [2.75, 3.05) is 7.05 Å². The molecule has 2 aromatic heterocycles. The van der Waals surface area contributed by atoms with Gasteiger partial charge < -0.3 is 4.90 Å². The van der Waals surface area contributed by atoms with Crippen LogP contribution >= 0.6 is 11.3 Å². The van der Waals surface area contributed by atoms with Crippen LogP contribution in [0.1, 0.15) is 29.3 Å². The van der Waals surface area contributed by atoms with Crippen LogP contribution in [0.5, 0.6) is 0 Å². The molecule has 1 atom stereocenters. The van der Waals surface area contributed by atoms with Gasteiger partial charge in [-0.1, -0.05) is 24.3 Å². The second-order valence-electron chi connectivity index (χ2n) is 5.76. The van der Waals surface area contributed by atoms with Crippen molar-refractivity contribution in [2.24, 2.45) is 0 Å². The Morgan fingerprint density at radius 2 is 2.32 bits per heavy atom. The van der Waals surface area contributed by atoms with Gasteiger partial charge in [0.2, 0.25) is 5.91 Å². The number of carbonyl (C=O) groups excluding carboxylic acids is 1. The molecule has 1 aromatic carbocycles. The van der Waals surface area contributed by atoms with Crippen LogP contribution in [-0.2, 0) is 17.6 Å². The molecule has 3 aromatic rings. The van der Waals surface area contributed by atoms with Gasteiger partial charge in [0.1, 0.15) is 0 Å². The summed E-state index contributed by atoms with van der Waals surface area (Å²) in [6, 6.07) is 8.63. The molecule has 1 amide bonds. The van der Waals surface area contributed by atoms with E-state index in [2.05, 4.69) is 29.2 Å². The second-order valence-corrected chi connectivity index (χ2v) is 6.63. The number of carbonyl (C=O) groups is 1. The van der Waals surface area contributed by atoms with Crippen LogP contribution in [0.25, 0.3) is 4.96 Å². The minimum absolute atomic E-state index is 0.132. The number of amides is 1. The SMILES string of the molecule is CN(C(=O)Cc1cn2ccsc2n1)[C@H]1CCc2ccccc21. The average molecular weight is 311 g/mol. The van der Waals surface area contributed by atoms with Crippen molar-refractivity contribution in [3.8, 4) is 0 Å². The first-order valence-electron chi connectivity index (χ1n) is 7.47. The monoisotopic (exact) mass is 311 g/mol. The molecule has 1 aliphatic carbocycles. The minimum atomic E-state index is 0.132. The van der Waals surface area contributed by atoms with Gasteiger partial charge in [-0.25, -0.2) is 4.98 Å². The van der Waals surface area contributed by atoms with E-state index in [9.17, 15) is 4.79 Å². The maximum Gasteiger partial charge on any atom is 0.228 e. The minimum Gasteiger partial charge on any atom is -0.338 e. The fourth-order valence-corrected chi connectivity index (χ4v) is 3.97. The number of hydrogen-bond acceptors (Lipinski definition) is 3. The van der Waals surface area contributed by atoms with Crippen molar-refractivity contribution in [1.82, 2.24) is 14.3 Å². The van der Waals surface area contributed by atoms with Gasteiger partial charge in [0.15, 0.2) is 4.96 Å². The van der Waals surface area contributed by atoms with Gasteiger partial charge in [0.05, 0.1) is 18.2 Å². The molecular weight excluding hydrogens is 294 g/mol. The zero-order valence-electron chi connectivity index (χ0n) is 12.4. The van der Waals surface area contributed by atoms with E-state index in [1.54, 1.807) is 11.3 Å². The summed E-state index contributed by atoms with van der Waals surface area (Å²) in [5, 5.41) is 2.00. The van der Waals surface area contributed by atoms with E-state index in [1.807, 2.05) is 34.1 Å². The van der Waals surface area contributed by atoms with Crippen molar-refractivity contribution >= 4 is 22.2 Å². The van der Waals surface area contributed by atoms with Gasteiger partial charge in [-0.15, -0.1) is 11.3 Å². The second kappa shape index (κ2) is 5.25. The van der Waals surface area contributed by atoms with Crippen LogP contribution in [0, 0.1) is 0 Å². The van der Waals surface area contributed by atoms with E-state index < -0.39 is 0 Å². The number of fused-ring (bicyclic) bond motifs is 2. The van der Waals surface area contributed by atoms with Gasteiger partial charge in [0, 0.05) is 24.8 Å². The van der Waals surface area contributed by atoms with E-state index in [0.717, 1.165) is 23.5 Å². The summed E-state index contributed by atoms with van der Waals surface area (Å²) in [7, 11) is 1.91. The highest BCUT2D eigenvalue weighted by atomic mass is 32.1. The molecule has 5 heteroatoms. The fraction of sp³-hybridized carbons (Fsp3) is 0.294. The first-order chi connectivity index (χ1) is 10.7. The van der Waals surface area contributed by atoms with Crippen molar-refractivity contribution < 1.29 is 4.79 Å². The third-order valence-corrected chi connectivity index (χ3v) is 5.21. The van der Waals surface area contributed by atoms with Crippen LogP contribution in [0.15, 0.2) is 42.0 Å². The molecule has 0 aliphatic heterocycles. The van der Waals surface area contributed by atoms with Crippen molar-refractivity contribution in [1.29, 1.82) is 0 Å². The Morgan fingerprint density at radius 1 is 1.45 bits per heavy atom. The molecule has 0 saturated heterocycles. The number of aryl methyl sites for hydroxylation is 1. The number of nitrogens with zero attached hydrogens (tertiary/aromatic N) is 3. The maximum absolute atomic E-state index is 12.6. The smallest absolute Gasteiger partial charge is 0.228 e. The molecular formula is C17H17N3OS. The van der Waals surface area contributed by atoms with Crippen LogP contribution in [-0.4, -0.2) is 27.2 Å². The molecule has 0 unspecified atom stereocenters. The summed E-state index contributed by atoms with van der Waals surface area (Å²) in [5.74, 6) is 0.132. The standard InChI is InChI=1S/C17H17N3OS/c1-19(15-7-6-12-4-2-3-5-14(12)15)16(21)10-13-11-20-8-9-22-17(20)18-13/h2-5,8-9,11,15H,6-7,10H2,1H3/t15-/m0/s1. The van der Waals surface area contributed by atoms with Crippen molar-refractivity contribution in [3.05, 3.63) is 58.9 Å². The number of likely N-dealkylation sites (N-methyl/N-ethyl adjacent to an activating group) is 1. The number of benzene rings is 1. The molecule has 112 valence electrons. The van der Waals surface area contributed by atoms with Crippen LogP contribution in [0.2, 0.25) is 0 Å². The Labute approximate surface area is 133 Å². The van der Waals surface area contributed by atoms with Gasteiger partial charge in [-0.2, -0.15) is 0 Å². The molecule has 22 heavy (non-hydrogen) atoms. The molecule has 4 rings (SSSR count). The highest BCUT2D eigenvalue weighted by molar-refractivity contribution is 7.15. The lowest BCUT2D eigenvalue weighted by Crippen LogP contribution is -2.31. The predicted molar refractivity (Wildman–Crippen MR) is 87.0 cm³/mol. The molecule has 1 aliphatic rings. The number of thiazole rings is 1. The Bertz CT molecular complexity index is 807. The average Bonchev–Trinajstić information content (AvgIpc) is 3.19. The van der Waals surface area contributed by atoms with E-state index in [1.165, 1.54) is 11.1 Å². The Balaban J connectivity index is 1.52. The summed E-state index contributed by atoms with van der Waals surface area (Å²) in [4.78, 5) is 19.9. The summed E-state index contributed by atoms with van der Waals surface area (Å²) in [6.07, 6.45) is 6.35. The predicted octanol–water partition coefficient (Wildman–Crippen LogP) is 3.08. The quantitative estimate of drug-likeness (QED) is 0.745. The normalized spacial score (nSPS) is 16.9. The van der Waals surface area contributed by atoms with Crippen LogP contribution in [0.3, 0.4) is 0 Å². The summed E-state index contributed by atoms with van der Waals surface area (Å²) >= 11 is 1.59. The van der Waals surface area contributed by atoms with Crippen molar-refractivity contribution in [3.63, 3.8) is 0 Å². The number of hydrogen-bond donors (Lipinski definition) is 0. The zero-order chi connectivity index (χ0) is 15.1. The third-order valence-electron chi connectivity index (χ3n) is 4.44. The Morgan fingerprint density at radius 3 is 3.18 bits per heavy atom. The zero-order valence-corrected chi connectivity index (χ0v) is 13.2. The third kappa shape index (κ3) is 2.22. The summed E-state index contributed by atoms with van der Waals surface area (Å²) in [6.45, 7) is 0. The molecule has 2 heterocycles. The maximum atomic E-state index is 12.6. The van der Waals surface area contributed by atoms with Crippen molar-refractivity contribution in [2.45, 2.75) is 25.3 Å². The van der Waals surface area contributed by atoms with E-state index in [4.69, 9.17) is 0 Å². The number of aromatic nitrogens is 2. The van der Waals surface area contributed by atoms with E-state index in [0.29, 0.717) is 6.42 Å². The van der Waals surface area contributed by atoms with Gasteiger partial charge >= 0.3 is 0 Å². The molecule has 0 N–H and O–H groups in total. The molecule has 0 fully saturated rings. The molecule has 0 saturated carbocycles. The number of rotatable bonds is 3. The molecule has 0 bridgehead atoms. The van der Waals surface area contributed by atoms with E-state index >= 15 is 0 Å². The van der Waals surface area contributed by atoms with Gasteiger partial charge in [-0.05, 0) is 24.0 Å². The van der Waals surface area contributed by atoms with Gasteiger partial charge in [0.25, 0.3) is 0 Å². The summed E-state index contributed by atoms with van der Waals surface area (Å²) < 4.78 is 1.97. The van der Waals surface area contributed by atoms with E-state index in [-0.39, 0.29) is 11.9 Å². The first-order valence-corrected chi connectivity index (χ1v) is 8.35. The lowest BCUT2D eigenvalue weighted by atomic mass is 10.1. The fourth-order valence-electron chi connectivity index (χ4n) is 3.25. The lowest BCUT2D eigenvalue weighted by Gasteiger charge is -2.25. The number of imidazole rings is 1. The van der Waals surface area contributed by atoms with Crippen LogP contribution < -0.4 is 0 Å².